The first-order valence-corrected chi connectivity index (χ1v) is 10.5. The van der Waals surface area contributed by atoms with Crippen LogP contribution in [0.3, 0.4) is 0 Å². The molecule has 0 saturated carbocycles. The molecule has 2 heterocycles. The number of amides is 1. The molecule has 1 saturated heterocycles. The highest BCUT2D eigenvalue weighted by atomic mass is 32.2. The predicted molar refractivity (Wildman–Crippen MR) is 118 cm³/mol. The molecule has 7 nitrogen and oxygen atoms in total. The number of aromatic nitrogens is 2. The molecule has 3 aromatic rings. The standard InChI is InChI=1S/C22H23N3O4S/c1-14-20(21(27)25(23(14)2)15-8-6-5-7-9-15)24-19(26)13-30-22(24)17-11-10-16(28-3)12-18(17)29-4/h5-12,22H,13H2,1-4H3/t22-/m1/s1. The van der Waals surface area contributed by atoms with Gasteiger partial charge in [0.2, 0.25) is 5.91 Å². The Kier molecular flexibility index (Phi) is 5.34. The summed E-state index contributed by atoms with van der Waals surface area (Å²) in [5, 5.41) is -0.364. The predicted octanol–water partition coefficient (Wildman–Crippen LogP) is 3.28. The summed E-state index contributed by atoms with van der Waals surface area (Å²) in [4.78, 5) is 28.0. The minimum atomic E-state index is -0.364. The Balaban J connectivity index is 1.86. The molecular formula is C22H23N3O4S. The van der Waals surface area contributed by atoms with E-state index in [2.05, 4.69) is 0 Å². The maximum absolute atomic E-state index is 13.5. The SMILES string of the molecule is COc1ccc([C@H]2SCC(=O)N2c2c(C)n(C)n(-c3ccccc3)c2=O)c(OC)c1. The number of carbonyl (C=O) groups is 1. The van der Waals surface area contributed by atoms with Crippen molar-refractivity contribution in [1.29, 1.82) is 0 Å². The minimum absolute atomic E-state index is 0.103. The summed E-state index contributed by atoms with van der Waals surface area (Å²) in [5.74, 6) is 1.47. The Bertz CT molecular complexity index is 1150. The van der Waals surface area contributed by atoms with Crippen molar-refractivity contribution < 1.29 is 14.3 Å². The van der Waals surface area contributed by atoms with Gasteiger partial charge >= 0.3 is 0 Å². The van der Waals surface area contributed by atoms with Gasteiger partial charge in [-0.2, -0.15) is 0 Å². The molecule has 1 aliphatic heterocycles. The fraction of sp³-hybridized carbons (Fsp3) is 0.273. The monoisotopic (exact) mass is 425 g/mol. The summed E-state index contributed by atoms with van der Waals surface area (Å²) in [6.45, 7) is 1.86. The van der Waals surface area contributed by atoms with E-state index >= 15 is 0 Å². The van der Waals surface area contributed by atoms with E-state index in [0.717, 1.165) is 16.9 Å². The number of ether oxygens (including phenoxy) is 2. The first-order valence-electron chi connectivity index (χ1n) is 9.47. The summed E-state index contributed by atoms with van der Waals surface area (Å²) < 4.78 is 14.2. The van der Waals surface area contributed by atoms with Crippen molar-refractivity contribution in [2.75, 3.05) is 24.9 Å². The Morgan fingerprint density at radius 3 is 2.43 bits per heavy atom. The third kappa shape index (κ3) is 3.17. The Labute approximate surface area is 178 Å². The molecule has 8 heteroatoms. The smallest absolute Gasteiger partial charge is 0.295 e. The number of thioether (sulfide) groups is 1. The number of carbonyl (C=O) groups excluding carboxylic acids is 1. The van der Waals surface area contributed by atoms with Gasteiger partial charge in [-0.15, -0.1) is 11.8 Å². The van der Waals surface area contributed by atoms with E-state index in [4.69, 9.17) is 9.47 Å². The number of rotatable bonds is 5. The second kappa shape index (κ2) is 7.95. The molecule has 0 N–H and O–H groups in total. The Morgan fingerprint density at radius 1 is 1.03 bits per heavy atom. The number of anilines is 1. The van der Waals surface area contributed by atoms with Gasteiger partial charge in [0.1, 0.15) is 22.6 Å². The van der Waals surface area contributed by atoms with Crippen molar-refractivity contribution in [2.45, 2.75) is 12.3 Å². The van der Waals surface area contributed by atoms with Crippen LogP contribution in [0, 0.1) is 6.92 Å². The van der Waals surface area contributed by atoms with Crippen LogP contribution in [0.5, 0.6) is 11.5 Å². The van der Waals surface area contributed by atoms with Crippen molar-refractivity contribution in [3.8, 4) is 17.2 Å². The van der Waals surface area contributed by atoms with E-state index < -0.39 is 0 Å². The second-order valence-electron chi connectivity index (χ2n) is 6.95. The van der Waals surface area contributed by atoms with Gasteiger partial charge in [0.25, 0.3) is 5.56 Å². The molecule has 1 aromatic heterocycles. The van der Waals surface area contributed by atoms with Crippen LogP contribution in [0.2, 0.25) is 0 Å². The number of benzene rings is 2. The van der Waals surface area contributed by atoms with Crippen LogP contribution in [0.15, 0.2) is 53.3 Å². The quantitative estimate of drug-likeness (QED) is 0.628. The molecule has 0 unspecified atom stereocenters. The normalized spacial score (nSPS) is 16.2. The average Bonchev–Trinajstić information content (AvgIpc) is 3.24. The maximum Gasteiger partial charge on any atom is 0.295 e. The van der Waals surface area contributed by atoms with E-state index in [-0.39, 0.29) is 16.8 Å². The lowest BCUT2D eigenvalue weighted by molar-refractivity contribution is -0.115. The van der Waals surface area contributed by atoms with Gasteiger partial charge in [-0.25, -0.2) is 4.68 Å². The lowest BCUT2D eigenvalue weighted by Crippen LogP contribution is -2.33. The molecule has 0 spiro atoms. The van der Waals surface area contributed by atoms with Crippen LogP contribution in [-0.2, 0) is 11.8 Å². The van der Waals surface area contributed by atoms with E-state index in [9.17, 15) is 9.59 Å². The Morgan fingerprint density at radius 2 is 1.77 bits per heavy atom. The van der Waals surface area contributed by atoms with Gasteiger partial charge in [0.15, 0.2) is 0 Å². The highest BCUT2D eigenvalue weighted by molar-refractivity contribution is 8.00. The zero-order chi connectivity index (χ0) is 21.4. The second-order valence-corrected chi connectivity index (χ2v) is 8.01. The highest BCUT2D eigenvalue weighted by Crippen LogP contribution is 2.45. The van der Waals surface area contributed by atoms with E-state index in [1.165, 1.54) is 11.8 Å². The van der Waals surface area contributed by atoms with Gasteiger partial charge < -0.3 is 9.47 Å². The van der Waals surface area contributed by atoms with Crippen LogP contribution >= 0.6 is 11.8 Å². The van der Waals surface area contributed by atoms with Crippen molar-refractivity contribution in [1.82, 2.24) is 9.36 Å². The van der Waals surface area contributed by atoms with Gasteiger partial charge in [0.05, 0.1) is 31.4 Å². The van der Waals surface area contributed by atoms with Crippen LogP contribution in [-0.4, -0.2) is 35.2 Å². The highest BCUT2D eigenvalue weighted by Gasteiger charge is 2.39. The molecular weight excluding hydrogens is 402 g/mol. The van der Waals surface area contributed by atoms with Crippen molar-refractivity contribution in [2.24, 2.45) is 7.05 Å². The minimum Gasteiger partial charge on any atom is -0.497 e. The largest absolute Gasteiger partial charge is 0.497 e. The van der Waals surface area contributed by atoms with E-state index in [0.29, 0.717) is 22.9 Å². The fourth-order valence-corrected chi connectivity index (χ4v) is 4.94. The molecule has 1 fully saturated rings. The lowest BCUT2D eigenvalue weighted by atomic mass is 10.1. The number of hydrogen-bond donors (Lipinski definition) is 0. The van der Waals surface area contributed by atoms with Crippen LogP contribution < -0.4 is 19.9 Å². The van der Waals surface area contributed by atoms with Crippen LogP contribution in [0.4, 0.5) is 5.69 Å². The molecule has 4 rings (SSSR count). The molecule has 30 heavy (non-hydrogen) atoms. The molecule has 156 valence electrons. The molecule has 0 aliphatic carbocycles. The zero-order valence-electron chi connectivity index (χ0n) is 17.3. The molecule has 2 aromatic carbocycles. The van der Waals surface area contributed by atoms with E-state index in [1.807, 2.05) is 56.4 Å². The summed E-state index contributed by atoms with van der Waals surface area (Å²) in [7, 11) is 5.00. The molecule has 1 aliphatic rings. The van der Waals surface area contributed by atoms with Crippen LogP contribution in [0.25, 0.3) is 5.69 Å². The van der Waals surface area contributed by atoms with Gasteiger partial charge in [-0.1, -0.05) is 18.2 Å². The zero-order valence-corrected chi connectivity index (χ0v) is 18.1. The number of methoxy groups -OCH3 is 2. The molecule has 0 bridgehead atoms. The lowest BCUT2D eigenvalue weighted by Gasteiger charge is -2.24. The number of para-hydroxylation sites is 1. The summed E-state index contributed by atoms with van der Waals surface area (Å²) in [6.07, 6.45) is 0. The first kappa shape index (κ1) is 20.2. The van der Waals surface area contributed by atoms with Gasteiger partial charge in [0, 0.05) is 18.7 Å². The van der Waals surface area contributed by atoms with Crippen molar-refractivity contribution >= 4 is 23.4 Å². The first-order chi connectivity index (χ1) is 14.5. The fourth-order valence-electron chi connectivity index (χ4n) is 3.75. The van der Waals surface area contributed by atoms with Gasteiger partial charge in [-0.3, -0.25) is 19.2 Å². The van der Waals surface area contributed by atoms with Gasteiger partial charge in [-0.05, 0) is 31.2 Å². The summed E-state index contributed by atoms with van der Waals surface area (Å²) >= 11 is 1.48. The molecule has 1 atom stereocenters. The average molecular weight is 426 g/mol. The topological polar surface area (TPSA) is 65.7 Å². The van der Waals surface area contributed by atoms with Crippen molar-refractivity contribution in [3.05, 3.63) is 70.1 Å². The summed E-state index contributed by atoms with van der Waals surface area (Å²) in [5.41, 5.74) is 2.45. The third-order valence-corrected chi connectivity index (χ3v) is 6.53. The number of hydrogen-bond acceptors (Lipinski definition) is 5. The Hall–Kier alpha value is -3.13. The number of nitrogens with zero attached hydrogens (tertiary/aromatic N) is 3. The molecule has 1 amide bonds. The summed E-state index contributed by atoms with van der Waals surface area (Å²) in [6, 6.07) is 14.9. The van der Waals surface area contributed by atoms with Crippen LogP contribution in [0.1, 0.15) is 16.6 Å². The molecule has 0 radical (unpaired) electrons. The maximum atomic E-state index is 13.5. The third-order valence-electron chi connectivity index (χ3n) is 5.34. The van der Waals surface area contributed by atoms with Crippen molar-refractivity contribution in [3.63, 3.8) is 0 Å². The van der Waals surface area contributed by atoms with E-state index in [1.54, 1.807) is 34.5 Å².